The summed E-state index contributed by atoms with van der Waals surface area (Å²) in [6.45, 7) is 0. The molecule has 0 aliphatic carbocycles. The summed E-state index contributed by atoms with van der Waals surface area (Å²) in [4.78, 5) is 4.02. The van der Waals surface area contributed by atoms with Gasteiger partial charge in [0, 0.05) is 14.2 Å². The first-order chi connectivity index (χ1) is 4.20. The lowest BCUT2D eigenvalue weighted by molar-refractivity contribution is 1.24. The molecule has 0 aliphatic heterocycles. The quantitative estimate of drug-likeness (QED) is 0.510. The van der Waals surface area contributed by atoms with Gasteiger partial charge in [0.05, 0.1) is 0 Å². The summed E-state index contributed by atoms with van der Waals surface area (Å²) in [6.07, 6.45) is 1.80. The summed E-state index contributed by atoms with van der Waals surface area (Å²) in [5.74, 6) is 0. The summed E-state index contributed by atoms with van der Waals surface area (Å²) >= 11 is 8.83. The van der Waals surface area contributed by atoms with Gasteiger partial charge < -0.3 is 0 Å². The molecule has 1 aromatic rings. The maximum absolute atomic E-state index is 4.02. The van der Waals surface area contributed by atoms with Crippen LogP contribution in [0.2, 0.25) is 0 Å². The van der Waals surface area contributed by atoms with Crippen molar-refractivity contribution >= 4 is 54.5 Å². The van der Waals surface area contributed by atoms with E-state index in [2.05, 4.69) is 59.4 Å². The standard InChI is InChI=1S/C5H2Br2IN/c6-3-1-5(7)9-2-4(3)8/h1-2H. The fourth-order valence-electron chi connectivity index (χ4n) is 0.391. The minimum Gasteiger partial charge on any atom is -0.248 e. The minimum atomic E-state index is 0.856. The molecule has 9 heavy (non-hydrogen) atoms. The lowest BCUT2D eigenvalue weighted by Gasteiger charge is -1.93. The highest BCUT2D eigenvalue weighted by Gasteiger charge is 1.95. The van der Waals surface area contributed by atoms with Crippen LogP contribution in [0.3, 0.4) is 0 Å². The Hall–Kier alpha value is 0.840. The van der Waals surface area contributed by atoms with Crippen LogP contribution in [0.1, 0.15) is 0 Å². The van der Waals surface area contributed by atoms with Gasteiger partial charge in [-0.05, 0) is 60.5 Å². The van der Waals surface area contributed by atoms with Gasteiger partial charge in [-0.25, -0.2) is 4.98 Å². The van der Waals surface area contributed by atoms with E-state index in [0.29, 0.717) is 0 Å². The summed E-state index contributed by atoms with van der Waals surface area (Å²) in [5, 5.41) is 0. The third kappa shape index (κ3) is 2.16. The topological polar surface area (TPSA) is 12.9 Å². The zero-order valence-electron chi connectivity index (χ0n) is 4.24. The van der Waals surface area contributed by atoms with Crippen LogP contribution < -0.4 is 0 Å². The zero-order chi connectivity index (χ0) is 6.85. The van der Waals surface area contributed by atoms with Crippen molar-refractivity contribution in [1.82, 2.24) is 4.98 Å². The summed E-state index contributed by atoms with van der Waals surface area (Å²) < 4.78 is 3.05. The van der Waals surface area contributed by atoms with Gasteiger partial charge in [-0.1, -0.05) is 0 Å². The molecule has 1 nitrogen and oxygen atoms in total. The van der Waals surface area contributed by atoms with Crippen LogP contribution in [0.4, 0.5) is 0 Å². The Labute approximate surface area is 83.6 Å². The van der Waals surface area contributed by atoms with Gasteiger partial charge in [0.1, 0.15) is 4.60 Å². The van der Waals surface area contributed by atoms with Crippen LogP contribution in [0.15, 0.2) is 21.3 Å². The molecule has 0 N–H and O–H groups in total. The van der Waals surface area contributed by atoms with Crippen molar-refractivity contribution in [3.63, 3.8) is 0 Å². The van der Waals surface area contributed by atoms with Crippen molar-refractivity contribution < 1.29 is 0 Å². The van der Waals surface area contributed by atoms with Gasteiger partial charge in [0.25, 0.3) is 0 Å². The van der Waals surface area contributed by atoms with Crippen molar-refractivity contribution in [1.29, 1.82) is 0 Å². The number of hydrogen-bond donors (Lipinski definition) is 0. The number of pyridine rings is 1. The van der Waals surface area contributed by atoms with E-state index in [-0.39, 0.29) is 0 Å². The normalized spacial score (nSPS) is 9.67. The molecule has 0 amide bonds. The highest BCUT2D eigenvalue weighted by Crippen LogP contribution is 2.20. The summed E-state index contributed by atoms with van der Waals surface area (Å²) in [5.41, 5.74) is 0. The van der Waals surface area contributed by atoms with Crippen molar-refractivity contribution in [2.24, 2.45) is 0 Å². The average Bonchev–Trinajstić information content (AvgIpc) is 1.80. The Morgan fingerprint density at radius 3 is 2.56 bits per heavy atom. The van der Waals surface area contributed by atoms with E-state index in [1.54, 1.807) is 6.20 Å². The number of rotatable bonds is 0. The van der Waals surface area contributed by atoms with Gasteiger partial charge in [-0.15, -0.1) is 0 Å². The first-order valence-electron chi connectivity index (χ1n) is 2.16. The molecule has 0 fully saturated rings. The lowest BCUT2D eigenvalue weighted by atomic mass is 10.5. The second-order valence-electron chi connectivity index (χ2n) is 1.42. The van der Waals surface area contributed by atoms with Gasteiger partial charge in [-0.3, -0.25) is 0 Å². The third-order valence-corrected chi connectivity index (χ3v) is 3.47. The van der Waals surface area contributed by atoms with Crippen LogP contribution in [0.5, 0.6) is 0 Å². The summed E-state index contributed by atoms with van der Waals surface area (Å²) in [6, 6.07) is 1.92. The predicted molar refractivity (Wildman–Crippen MR) is 52.4 cm³/mol. The second kappa shape index (κ2) is 3.30. The molecule has 0 atom stereocenters. The van der Waals surface area contributed by atoms with Crippen molar-refractivity contribution in [2.45, 2.75) is 0 Å². The highest BCUT2D eigenvalue weighted by molar-refractivity contribution is 14.1. The van der Waals surface area contributed by atoms with Crippen LogP contribution in [0.25, 0.3) is 0 Å². The molecule has 0 aromatic carbocycles. The van der Waals surface area contributed by atoms with E-state index >= 15 is 0 Å². The molecule has 1 aromatic heterocycles. The number of halogens is 3. The van der Waals surface area contributed by atoms with E-state index in [1.165, 1.54) is 0 Å². The SMILES string of the molecule is Brc1cc(Br)c(I)cn1. The van der Waals surface area contributed by atoms with E-state index in [0.717, 1.165) is 12.6 Å². The Morgan fingerprint density at radius 1 is 1.44 bits per heavy atom. The van der Waals surface area contributed by atoms with Gasteiger partial charge >= 0.3 is 0 Å². The fraction of sp³-hybridized carbons (Fsp3) is 0. The molecule has 4 heteroatoms. The van der Waals surface area contributed by atoms with Crippen molar-refractivity contribution in [3.05, 3.63) is 24.9 Å². The zero-order valence-corrected chi connectivity index (χ0v) is 9.57. The monoisotopic (exact) mass is 361 g/mol. The maximum Gasteiger partial charge on any atom is 0.107 e. The van der Waals surface area contributed by atoms with Gasteiger partial charge in [0.15, 0.2) is 0 Å². The van der Waals surface area contributed by atoms with E-state index < -0.39 is 0 Å². The van der Waals surface area contributed by atoms with Crippen LogP contribution in [-0.4, -0.2) is 4.98 Å². The second-order valence-corrected chi connectivity index (χ2v) is 4.25. The fourth-order valence-corrected chi connectivity index (χ4v) is 1.64. The van der Waals surface area contributed by atoms with Crippen LogP contribution in [-0.2, 0) is 0 Å². The predicted octanol–water partition coefficient (Wildman–Crippen LogP) is 3.21. The first kappa shape index (κ1) is 7.94. The van der Waals surface area contributed by atoms with Crippen LogP contribution in [0, 0.1) is 3.57 Å². The molecule has 1 heterocycles. The Kier molecular flexibility index (Phi) is 2.91. The minimum absolute atomic E-state index is 0.856. The molecule has 0 unspecified atom stereocenters. The van der Waals surface area contributed by atoms with Gasteiger partial charge in [0.2, 0.25) is 0 Å². The first-order valence-corrected chi connectivity index (χ1v) is 4.83. The maximum atomic E-state index is 4.02. The molecule has 1 rings (SSSR count). The van der Waals surface area contributed by atoms with Crippen LogP contribution >= 0.6 is 54.5 Å². The summed E-state index contributed by atoms with van der Waals surface area (Å²) in [7, 11) is 0. The van der Waals surface area contributed by atoms with E-state index in [1.807, 2.05) is 6.07 Å². The molecule has 0 saturated carbocycles. The van der Waals surface area contributed by atoms with Crippen molar-refractivity contribution in [3.8, 4) is 0 Å². The number of aromatic nitrogens is 1. The largest absolute Gasteiger partial charge is 0.248 e. The molecule has 0 bridgehead atoms. The molecule has 0 aliphatic rings. The molecule has 0 spiro atoms. The third-order valence-electron chi connectivity index (χ3n) is 0.775. The Balaban J connectivity index is 3.17. The highest BCUT2D eigenvalue weighted by atomic mass is 127. The van der Waals surface area contributed by atoms with E-state index in [4.69, 9.17) is 0 Å². The Morgan fingerprint density at radius 2 is 2.11 bits per heavy atom. The smallest absolute Gasteiger partial charge is 0.107 e. The molecular weight excluding hydrogens is 361 g/mol. The number of nitrogens with zero attached hydrogens (tertiary/aromatic N) is 1. The number of hydrogen-bond acceptors (Lipinski definition) is 1. The average molecular weight is 363 g/mol. The molecule has 0 radical (unpaired) electrons. The molecule has 48 valence electrons. The molecule has 0 saturated heterocycles. The Bertz CT molecular complexity index is 226. The van der Waals surface area contributed by atoms with Crippen molar-refractivity contribution in [2.75, 3.05) is 0 Å². The van der Waals surface area contributed by atoms with Gasteiger partial charge in [-0.2, -0.15) is 0 Å². The molecular formula is C5H2Br2IN. The van der Waals surface area contributed by atoms with E-state index in [9.17, 15) is 0 Å². The lowest BCUT2D eigenvalue weighted by Crippen LogP contribution is -1.78.